The summed E-state index contributed by atoms with van der Waals surface area (Å²) in [5.41, 5.74) is 5.57. The van der Waals surface area contributed by atoms with E-state index in [-0.39, 0.29) is 16.0 Å². The molecule has 0 aliphatic carbocycles. The topological polar surface area (TPSA) is 29.3 Å². The minimum atomic E-state index is -1.35. The molecule has 2 N–H and O–H groups in total. The molecule has 0 amide bonds. The van der Waals surface area contributed by atoms with E-state index < -0.39 is 28.5 Å². The Morgan fingerprint density at radius 1 is 1.32 bits per heavy atom. The summed E-state index contributed by atoms with van der Waals surface area (Å²) in [7, 11) is 1.77. The first-order valence-corrected chi connectivity index (χ1v) is 6.97. The average Bonchev–Trinajstić information content (AvgIpc) is 2.76. The van der Waals surface area contributed by atoms with E-state index in [2.05, 4.69) is 15.9 Å². The molecule has 0 spiro atoms. The van der Waals surface area contributed by atoms with Crippen LogP contribution in [0.15, 0.2) is 4.47 Å². The number of likely N-dealkylation sites (tertiary alicyclic amines) is 1. The zero-order valence-corrected chi connectivity index (χ0v) is 12.5. The van der Waals surface area contributed by atoms with Crippen molar-refractivity contribution in [1.29, 1.82) is 0 Å². The molecule has 1 saturated heterocycles. The highest BCUT2D eigenvalue weighted by molar-refractivity contribution is 9.10. The van der Waals surface area contributed by atoms with E-state index in [1.807, 2.05) is 4.90 Å². The highest BCUT2D eigenvalue weighted by Gasteiger charge is 2.35. The first-order chi connectivity index (χ1) is 8.88. The second-order valence-electron chi connectivity index (χ2n) is 4.78. The Kier molecular flexibility index (Phi) is 4.45. The fraction of sp³-hybridized carbons (Fsp3) is 0.500. The predicted octanol–water partition coefficient (Wildman–Crippen LogP) is 3.47. The lowest BCUT2D eigenvalue weighted by molar-refractivity contribution is 0.301. The molecule has 1 aliphatic rings. The minimum Gasteiger partial charge on any atom is -0.330 e. The number of hydrogen-bond acceptors (Lipinski definition) is 2. The Bertz CT molecular complexity index is 483. The van der Waals surface area contributed by atoms with Crippen molar-refractivity contribution in [2.45, 2.75) is 12.5 Å². The number of benzene rings is 1. The summed E-state index contributed by atoms with van der Waals surface area (Å²) in [4.78, 5) is 1.84. The normalized spacial score (nSPS) is 24.2. The quantitative estimate of drug-likeness (QED) is 0.649. The maximum Gasteiger partial charge on any atom is 0.180 e. The molecule has 0 bridgehead atoms. The molecule has 1 aliphatic heterocycles. The third-order valence-electron chi connectivity index (χ3n) is 3.55. The van der Waals surface area contributed by atoms with E-state index in [9.17, 15) is 13.2 Å². The van der Waals surface area contributed by atoms with Crippen molar-refractivity contribution >= 4 is 27.5 Å². The van der Waals surface area contributed by atoms with E-state index in [1.54, 1.807) is 7.05 Å². The maximum atomic E-state index is 14.0. The van der Waals surface area contributed by atoms with Crippen LogP contribution in [-0.2, 0) is 0 Å². The van der Waals surface area contributed by atoms with Crippen LogP contribution in [0, 0.1) is 23.4 Å². The summed E-state index contributed by atoms with van der Waals surface area (Å²) in [6, 6.07) is -0.413. The summed E-state index contributed by atoms with van der Waals surface area (Å²) in [6.07, 6.45) is 0.559. The van der Waals surface area contributed by atoms with Gasteiger partial charge < -0.3 is 5.73 Å². The largest absolute Gasteiger partial charge is 0.330 e. The first kappa shape index (κ1) is 15.1. The second kappa shape index (κ2) is 5.60. The van der Waals surface area contributed by atoms with Crippen molar-refractivity contribution in [2.75, 3.05) is 20.1 Å². The Morgan fingerprint density at radius 2 is 1.95 bits per heavy atom. The lowest BCUT2D eigenvalue weighted by Gasteiger charge is -2.22. The number of nitrogens with zero attached hydrogens (tertiary/aromatic N) is 1. The molecule has 2 unspecified atom stereocenters. The Balaban J connectivity index is 2.52. The molecular weight excluding hydrogens is 344 g/mol. The van der Waals surface area contributed by atoms with Crippen LogP contribution in [0.5, 0.6) is 0 Å². The smallest absolute Gasteiger partial charge is 0.180 e. The number of rotatable bonds is 2. The van der Waals surface area contributed by atoms with Crippen molar-refractivity contribution in [2.24, 2.45) is 11.7 Å². The van der Waals surface area contributed by atoms with Crippen LogP contribution in [-0.4, -0.2) is 25.0 Å². The van der Waals surface area contributed by atoms with Crippen molar-refractivity contribution in [3.8, 4) is 0 Å². The molecule has 0 radical (unpaired) electrons. The molecule has 1 aromatic carbocycles. The second-order valence-corrected chi connectivity index (χ2v) is 5.95. The van der Waals surface area contributed by atoms with Gasteiger partial charge in [0.05, 0.1) is 4.47 Å². The molecule has 2 atom stereocenters. The van der Waals surface area contributed by atoms with Crippen LogP contribution in [0.4, 0.5) is 13.2 Å². The zero-order valence-electron chi connectivity index (χ0n) is 10.2. The molecule has 2 nitrogen and oxygen atoms in total. The van der Waals surface area contributed by atoms with Gasteiger partial charge in [-0.1, -0.05) is 11.6 Å². The van der Waals surface area contributed by atoms with Gasteiger partial charge in [0.25, 0.3) is 0 Å². The van der Waals surface area contributed by atoms with Crippen LogP contribution >= 0.6 is 27.5 Å². The summed E-state index contributed by atoms with van der Waals surface area (Å²) in [5.74, 6) is -3.24. The van der Waals surface area contributed by atoms with Gasteiger partial charge in [-0.2, -0.15) is 0 Å². The van der Waals surface area contributed by atoms with Gasteiger partial charge in [-0.05, 0) is 41.9 Å². The van der Waals surface area contributed by atoms with Crippen LogP contribution < -0.4 is 5.73 Å². The van der Waals surface area contributed by atoms with Crippen LogP contribution in [0.3, 0.4) is 0 Å². The number of hydrogen-bond donors (Lipinski definition) is 1. The van der Waals surface area contributed by atoms with Gasteiger partial charge in [0.1, 0.15) is 5.02 Å². The Hall–Kier alpha value is -0.300. The molecule has 0 aromatic heterocycles. The standard InChI is InChI=1S/C12H13BrClF3N2/c1-19-4-5(3-18)2-6(19)7-8(13)11(16)9(14)12(17)10(7)15/h5-6H,2-4,18H2,1H3. The number of nitrogens with two attached hydrogens (primary N) is 1. The SMILES string of the molecule is CN1CC(CN)CC1c1c(F)c(F)c(Cl)c(F)c1Br. The summed E-state index contributed by atoms with van der Waals surface area (Å²) < 4.78 is 41.3. The lowest BCUT2D eigenvalue weighted by atomic mass is 9.99. The molecule has 1 fully saturated rings. The predicted molar refractivity (Wildman–Crippen MR) is 71.6 cm³/mol. The Labute approximate surface area is 122 Å². The van der Waals surface area contributed by atoms with Crippen molar-refractivity contribution < 1.29 is 13.2 Å². The van der Waals surface area contributed by atoms with E-state index in [0.717, 1.165) is 0 Å². The van der Waals surface area contributed by atoms with Gasteiger partial charge in [0, 0.05) is 18.2 Å². The summed E-state index contributed by atoms with van der Waals surface area (Å²) >= 11 is 8.38. The number of halogens is 5. The fourth-order valence-electron chi connectivity index (χ4n) is 2.53. The van der Waals surface area contributed by atoms with E-state index in [4.69, 9.17) is 17.3 Å². The first-order valence-electron chi connectivity index (χ1n) is 5.80. The fourth-order valence-corrected chi connectivity index (χ4v) is 3.46. The molecule has 106 valence electrons. The molecule has 0 saturated carbocycles. The van der Waals surface area contributed by atoms with Crippen LogP contribution in [0.2, 0.25) is 5.02 Å². The van der Waals surface area contributed by atoms with Gasteiger partial charge in [-0.15, -0.1) is 0 Å². The van der Waals surface area contributed by atoms with Crippen molar-refractivity contribution in [3.63, 3.8) is 0 Å². The Morgan fingerprint density at radius 3 is 2.47 bits per heavy atom. The molecule has 7 heteroatoms. The minimum absolute atomic E-state index is 0.0298. The van der Waals surface area contributed by atoms with Gasteiger partial charge in [-0.25, -0.2) is 13.2 Å². The van der Waals surface area contributed by atoms with E-state index >= 15 is 0 Å². The van der Waals surface area contributed by atoms with E-state index in [0.29, 0.717) is 19.5 Å². The maximum absolute atomic E-state index is 14.0. The monoisotopic (exact) mass is 356 g/mol. The average molecular weight is 358 g/mol. The van der Waals surface area contributed by atoms with E-state index in [1.165, 1.54) is 0 Å². The highest BCUT2D eigenvalue weighted by Crippen LogP contribution is 2.42. The molecule has 1 heterocycles. The van der Waals surface area contributed by atoms with Gasteiger partial charge in [0.15, 0.2) is 17.5 Å². The van der Waals surface area contributed by atoms with Gasteiger partial charge in [0.2, 0.25) is 0 Å². The lowest BCUT2D eigenvalue weighted by Crippen LogP contribution is -2.22. The summed E-state index contributed by atoms with van der Waals surface area (Å²) in [5, 5.41) is -0.829. The van der Waals surface area contributed by atoms with Crippen LogP contribution in [0.25, 0.3) is 0 Å². The molecular formula is C12H13BrClF3N2. The molecule has 1 aromatic rings. The van der Waals surface area contributed by atoms with Crippen molar-refractivity contribution in [1.82, 2.24) is 4.90 Å². The molecule has 2 rings (SSSR count). The van der Waals surface area contributed by atoms with Gasteiger partial charge in [-0.3, -0.25) is 4.90 Å². The van der Waals surface area contributed by atoms with Crippen molar-refractivity contribution in [3.05, 3.63) is 32.5 Å². The molecule has 19 heavy (non-hydrogen) atoms. The highest BCUT2D eigenvalue weighted by atomic mass is 79.9. The van der Waals surface area contributed by atoms with Crippen LogP contribution in [0.1, 0.15) is 18.0 Å². The third-order valence-corrected chi connectivity index (χ3v) is 4.65. The van der Waals surface area contributed by atoms with Gasteiger partial charge >= 0.3 is 0 Å². The third kappa shape index (κ3) is 2.51. The zero-order chi connectivity index (χ0) is 14.3. The summed E-state index contributed by atoms with van der Waals surface area (Å²) in [6.45, 7) is 1.12.